The second-order valence-electron chi connectivity index (χ2n) is 4.40. The van der Waals surface area contributed by atoms with E-state index in [1.54, 1.807) is 6.08 Å². The first kappa shape index (κ1) is 13.1. The molecule has 0 aliphatic heterocycles. The molecule has 0 bridgehead atoms. The highest BCUT2D eigenvalue weighted by Gasteiger charge is 1.96. The standard InChI is InChI=1S/C17H16O2/c18-17(19)13-12-16-10-8-15(9-11-16)7-6-14-4-2-1-3-5-14/h1-5,8-13H,6-7H2,(H,18,19)/b13-12+. The molecule has 19 heavy (non-hydrogen) atoms. The van der Waals surface area contributed by atoms with Crippen LogP contribution < -0.4 is 0 Å². The molecule has 0 spiro atoms. The highest BCUT2D eigenvalue weighted by molar-refractivity contribution is 5.85. The van der Waals surface area contributed by atoms with E-state index in [1.807, 2.05) is 30.3 Å². The number of hydrogen-bond acceptors (Lipinski definition) is 1. The fourth-order valence-electron chi connectivity index (χ4n) is 1.90. The van der Waals surface area contributed by atoms with Crippen LogP contribution in [0, 0.1) is 0 Å². The predicted molar refractivity (Wildman–Crippen MR) is 77.0 cm³/mol. The maximum atomic E-state index is 10.4. The second kappa shape index (κ2) is 6.55. The zero-order valence-electron chi connectivity index (χ0n) is 10.6. The molecule has 0 aromatic heterocycles. The summed E-state index contributed by atoms with van der Waals surface area (Å²) in [5.74, 6) is -0.923. The van der Waals surface area contributed by atoms with Gasteiger partial charge in [0.1, 0.15) is 0 Å². The van der Waals surface area contributed by atoms with E-state index in [4.69, 9.17) is 5.11 Å². The molecule has 96 valence electrons. The molecule has 0 saturated heterocycles. The maximum Gasteiger partial charge on any atom is 0.328 e. The summed E-state index contributed by atoms with van der Waals surface area (Å²) >= 11 is 0. The van der Waals surface area contributed by atoms with Gasteiger partial charge >= 0.3 is 5.97 Å². The minimum Gasteiger partial charge on any atom is -0.478 e. The molecule has 0 radical (unpaired) electrons. The van der Waals surface area contributed by atoms with Crippen molar-refractivity contribution in [3.8, 4) is 0 Å². The van der Waals surface area contributed by atoms with E-state index in [1.165, 1.54) is 11.1 Å². The van der Waals surface area contributed by atoms with E-state index in [-0.39, 0.29) is 0 Å². The smallest absolute Gasteiger partial charge is 0.328 e. The highest BCUT2D eigenvalue weighted by atomic mass is 16.4. The zero-order chi connectivity index (χ0) is 13.5. The number of carboxylic acids is 1. The number of aryl methyl sites for hydroxylation is 2. The van der Waals surface area contributed by atoms with Crippen molar-refractivity contribution in [1.82, 2.24) is 0 Å². The van der Waals surface area contributed by atoms with E-state index in [9.17, 15) is 4.79 Å². The summed E-state index contributed by atoms with van der Waals surface area (Å²) in [7, 11) is 0. The molecule has 0 heterocycles. The number of aliphatic carboxylic acids is 1. The van der Waals surface area contributed by atoms with Crippen LogP contribution in [0.5, 0.6) is 0 Å². The molecule has 0 aliphatic carbocycles. The van der Waals surface area contributed by atoms with E-state index in [2.05, 4.69) is 24.3 Å². The lowest BCUT2D eigenvalue weighted by atomic mass is 10.0. The molecule has 0 amide bonds. The Kier molecular flexibility index (Phi) is 4.51. The van der Waals surface area contributed by atoms with Crippen LogP contribution in [0.4, 0.5) is 0 Å². The van der Waals surface area contributed by atoms with E-state index < -0.39 is 5.97 Å². The molecule has 2 rings (SSSR count). The van der Waals surface area contributed by atoms with Gasteiger partial charge < -0.3 is 5.11 Å². The molecule has 2 nitrogen and oxygen atoms in total. The van der Waals surface area contributed by atoms with Crippen molar-refractivity contribution in [2.24, 2.45) is 0 Å². The molecule has 0 atom stereocenters. The lowest BCUT2D eigenvalue weighted by Gasteiger charge is -2.02. The van der Waals surface area contributed by atoms with Gasteiger partial charge in [-0.15, -0.1) is 0 Å². The van der Waals surface area contributed by atoms with Crippen LogP contribution in [-0.2, 0) is 17.6 Å². The van der Waals surface area contributed by atoms with Crippen LogP contribution in [0.3, 0.4) is 0 Å². The summed E-state index contributed by atoms with van der Waals surface area (Å²) in [5, 5.41) is 8.55. The molecule has 0 saturated carbocycles. The van der Waals surface area contributed by atoms with Crippen molar-refractivity contribution in [1.29, 1.82) is 0 Å². The summed E-state index contributed by atoms with van der Waals surface area (Å²) in [6, 6.07) is 18.4. The summed E-state index contributed by atoms with van der Waals surface area (Å²) in [5.41, 5.74) is 3.50. The molecule has 2 aromatic carbocycles. The van der Waals surface area contributed by atoms with E-state index >= 15 is 0 Å². The lowest BCUT2D eigenvalue weighted by molar-refractivity contribution is -0.131. The third-order valence-electron chi connectivity index (χ3n) is 2.94. The Labute approximate surface area is 113 Å². The van der Waals surface area contributed by atoms with Crippen molar-refractivity contribution in [3.05, 3.63) is 77.4 Å². The third-order valence-corrected chi connectivity index (χ3v) is 2.94. The van der Waals surface area contributed by atoms with Gasteiger partial charge in [-0.3, -0.25) is 0 Å². The van der Waals surface area contributed by atoms with Gasteiger partial charge in [-0.05, 0) is 35.6 Å². The molecule has 1 N–H and O–H groups in total. The average Bonchev–Trinajstić information content (AvgIpc) is 2.45. The van der Waals surface area contributed by atoms with Crippen LogP contribution in [0.15, 0.2) is 60.7 Å². The molecule has 0 unspecified atom stereocenters. The normalized spacial score (nSPS) is 10.7. The molecular weight excluding hydrogens is 236 g/mol. The summed E-state index contributed by atoms with van der Waals surface area (Å²) in [6.45, 7) is 0. The van der Waals surface area contributed by atoms with E-state index in [0.717, 1.165) is 24.5 Å². The van der Waals surface area contributed by atoms with Crippen molar-refractivity contribution < 1.29 is 9.90 Å². The highest BCUT2D eigenvalue weighted by Crippen LogP contribution is 2.10. The molecule has 2 aromatic rings. The Morgan fingerprint density at radius 1 is 0.895 bits per heavy atom. The third kappa shape index (κ3) is 4.43. The first-order valence-corrected chi connectivity index (χ1v) is 6.28. The first-order valence-electron chi connectivity index (χ1n) is 6.28. The number of benzene rings is 2. The number of rotatable bonds is 5. The van der Waals surface area contributed by atoms with Gasteiger partial charge in [0.15, 0.2) is 0 Å². The topological polar surface area (TPSA) is 37.3 Å². The Morgan fingerprint density at radius 2 is 1.47 bits per heavy atom. The number of hydrogen-bond donors (Lipinski definition) is 1. The monoisotopic (exact) mass is 252 g/mol. The Hall–Kier alpha value is -2.35. The SMILES string of the molecule is O=C(O)/C=C/c1ccc(CCc2ccccc2)cc1. The minimum atomic E-state index is -0.923. The number of carboxylic acid groups (broad SMARTS) is 1. The average molecular weight is 252 g/mol. The van der Waals surface area contributed by atoms with Gasteiger partial charge in [-0.2, -0.15) is 0 Å². The van der Waals surface area contributed by atoms with Gasteiger partial charge in [0.2, 0.25) is 0 Å². The summed E-state index contributed by atoms with van der Waals surface area (Å²) in [4.78, 5) is 10.4. The minimum absolute atomic E-state index is 0.908. The number of carbonyl (C=O) groups is 1. The van der Waals surface area contributed by atoms with Crippen LogP contribution in [-0.4, -0.2) is 11.1 Å². The van der Waals surface area contributed by atoms with Crippen LogP contribution in [0.25, 0.3) is 6.08 Å². The fraction of sp³-hybridized carbons (Fsp3) is 0.118. The van der Waals surface area contributed by atoms with Crippen LogP contribution in [0.1, 0.15) is 16.7 Å². The fourth-order valence-corrected chi connectivity index (χ4v) is 1.90. The Balaban J connectivity index is 1.94. The van der Waals surface area contributed by atoms with Gasteiger partial charge in [0.05, 0.1) is 0 Å². The Morgan fingerprint density at radius 3 is 2.05 bits per heavy atom. The van der Waals surface area contributed by atoms with Crippen LogP contribution >= 0.6 is 0 Å². The lowest BCUT2D eigenvalue weighted by Crippen LogP contribution is -1.91. The summed E-state index contributed by atoms with van der Waals surface area (Å²) < 4.78 is 0. The van der Waals surface area contributed by atoms with Gasteiger partial charge in [0.25, 0.3) is 0 Å². The zero-order valence-corrected chi connectivity index (χ0v) is 10.6. The van der Waals surface area contributed by atoms with Crippen LogP contribution in [0.2, 0.25) is 0 Å². The molecule has 0 aliphatic rings. The van der Waals surface area contributed by atoms with Crippen molar-refractivity contribution in [2.75, 3.05) is 0 Å². The van der Waals surface area contributed by atoms with Gasteiger partial charge in [-0.1, -0.05) is 54.6 Å². The second-order valence-corrected chi connectivity index (χ2v) is 4.40. The maximum absolute atomic E-state index is 10.4. The van der Waals surface area contributed by atoms with E-state index in [0.29, 0.717) is 0 Å². The molecule has 0 fully saturated rings. The van der Waals surface area contributed by atoms with Gasteiger partial charge in [0, 0.05) is 6.08 Å². The van der Waals surface area contributed by atoms with Crippen molar-refractivity contribution in [2.45, 2.75) is 12.8 Å². The first-order chi connectivity index (χ1) is 9.24. The van der Waals surface area contributed by atoms with Crippen molar-refractivity contribution in [3.63, 3.8) is 0 Å². The predicted octanol–water partition coefficient (Wildman–Crippen LogP) is 3.57. The quantitative estimate of drug-likeness (QED) is 0.826. The van der Waals surface area contributed by atoms with Crippen molar-refractivity contribution >= 4 is 12.0 Å². The molecule has 2 heteroatoms. The summed E-state index contributed by atoms with van der Waals surface area (Å²) in [6.07, 6.45) is 4.76. The Bertz CT molecular complexity index is 554. The van der Waals surface area contributed by atoms with Gasteiger partial charge in [-0.25, -0.2) is 4.79 Å². The molecular formula is C17H16O2. The largest absolute Gasteiger partial charge is 0.478 e.